The first-order valence-corrected chi connectivity index (χ1v) is 5.38. The standard InChI is InChI=1S/C13H17N3.ClH/c1-13(2,3)10-6-4-9(5-7-10)11-8-12(14)16-15-11;/h4-8H,1-3H3,(H3,14,15,16);1H. The number of aromatic nitrogens is 2. The van der Waals surface area contributed by atoms with Gasteiger partial charge in [0.1, 0.15) is 5.82 Å². The Kier molecular flexibility index (Phi) is 3.83. The zero-order chi connectivity index (χ0) is 11.8. The Balaban J connectivity index is 0.00000144. The third-order valence-corrected chi connectivity index (χ3v) is 2.66. The molecule has 0 spiro atoms. The van der Waals surface area contributed by atoms with E-state index in [4.69, 9.17) is 5.73 Å². The zero-order valence-corrected chi connectivity index (χ0v) is 11.1. The highest BCUT2D eigenvalue weighted by atomic mass is 35.5. The molecule has 1 aromatic heterocycles. The van der Waals surface area contributed by atoms with E-state index in [-0.39, 0.29) is 17.8 Å². The Morgan fingerprint density at radius 3 is 2.12 bits per heavy atom. The van der Waals surface area contributed by atoms with Gasteiger partial charge in [0, 0.05) is 6.07 Å². The number of nitrogen functional groups attached to an aromatic ring is 1. The number of benzene rings is 1. The van der Waals surface area contributed by atoms with E-state index < -0.39 is 0 Å². The fraction of sp³-hybridized carbons (Fsp3) is 0.308. The highest BCUT2D eigenvalue weighted by molar-refractivity contribution is 5.85. The van der Waals surface area contributed by atoms with Crippen LogP contribution >= 0.6 is 12.4 Å². The SMILES string of the molecule is CC(C)(C)c1ccc(-c2cc(N)n[nH]2)cc1.Cl. The number of nitrogens with one attached hydrogen (secondary N) is 1. The van der Waals surface area contributed by atoms with Gasteiger partial charge in [0.05, 0.1) is 5.69 Å². The summed E-state index contributed by atoms with van der Waals surface area (Å²) in [5.41, 5.74) is 9.15. The van der Waals surface area contributed by atoms with Gasteiger partial charge in [-0.3, -0.25) is 5.10 Å². The number of hydrogen-bond acceptors (Lipinski definition) is 2. The second kappa shape index (κ2) is 4.80. The summed E-state index contributed by atoms with van der Waals surface area (Å²) in [7, 11) is 0. The van der Waals surface area contributed by atoms with Crippen molar-refractivity contribution in [1.82, 2.24) is 10.2 Å². The molecule has 3 nitrogen and oxygen atoms in total. The van der Waals surface area contributed by atoms with Crippen molar-refractivity contribution >= 4 is 18.2 Å². The maximum atomic E-state index is 5.57. The lowest BCUT2D eigenvalue weighted by atomic mass is 9.86. The molecule has 0 atom stereocenters. The monoisotopic (exact) mass is 251 g/mol. The number of rotatable bonds is 1. The summed E-state index contributed by atoms with van der Waals surface area (Å²) < 4.78 is 0. The van der Waals surface area contributed by atoms with Gasteiger partial charge in [-0.05, 0) is 16.5 Å². The first-order chi connectivity index (χ1) is 7.47. The topological polar surface area (TPSA) is 54.7 Å². The molecule has 2 aromatic rings. The summed E-state index contributed by atoms with van der Waals surface area (Å²) in [5, 5.41) is 6.82. The average Bonchev–Trinajstić information content (AvgIpc) is 2.64. The quantitative estimate of drug-likeness (QED) is 0.816. The minimum atomic E-state index is 0. The van der Waals surface area contributed by atoms with E-state index in [1.165, 1.54) is 5.56 Å². The Bertz CT molecular complexity index is 480. The van der Waals surface area contributed by atoms with Crippen LogP contribution in [0.4, 0.5) is 5.82 Å². The van der Waals surface area contributed by atoms with Crippen LogP contribution in [0.25, 0.3) is 11.3 Å². The molecule has 4 heteroatoms. The minimum absolute atomic E-state index is 0. The third-order valence-electron chi connectivity index (χ3n) is 2.66. The van der Waals surface area contributed by atoms with E-state index in [1.807, 2.05) is 6.07 Å². The molecule has 0 saturated carbocycles. The zero-order valence-electron chi connectivity index (χ0n) is 10.3. The van der Waals surface area contributed by atoms with Crippen LogP contribution in [0.15, 0.2) is 30.3 Å². The summed E-state index contributed by atoms with van der Waals surface area (Å²) in [6.45, 7) is 6.61. The van der Waals surface area contributed by atoms with Crippen LogP contribution in [0.1, 0.15) is 26.3 Å². The Labute approximate surface area is 108 Å². The van der Waals surface area contributed by atoms with Gasteiger partial charge in [0.2, 0.25) is 0 Å². The maximum Gasteiger partial charge on any atom is 0.145 e. The lowest BCUT2D eigenvalue weighted by molar-refractivity contribution is 0.590. The van der Waals surface area contributed by atoms with E-state index in [1.54, 1.807) is 0 Å². The Morgan fingerprint density at radius 2 is 1.71 bits per heavy atom. The number of aromatic amines is 1. The number of H-pyrrole nitrogens is 1. The van der Waals surface area contributed by atoms with E-state index in [0.717, 1.165) is 11.3 Å². The molecule has 0 radical (unpaired) electrons. The van der Waals surface area contributed by atoms with Crippen LogP contribution in [-0.2, 0) is 5.41 Å². The van der Waals surface area contributed by atoms with E-state index in [9.17, 15) is 0 Å². The third kappa shape index (κ3) is 3.01. The molecule has 17 heavy (non-hydrogen) atoms. The second-order valence-corrected chi connectivity index (χ2v) is 5.03. The first kappa shape index (κ1) is 13.6. The Morgan fingerprint density at radius 1 is 1.12 bits per heavy atom. The van der Waals surface area contributed by atoms with Gasteiger partial charge in [0.15, 0.2) is 0 Å². The molecule has 1 heterocycles. The number of anilines is 1. The molecule has 0 aliphatic heterocycles. The van der Waals surface area contributed by atoms with E-state index >= 15 is 0 Å². The van der Waals surface area contributed by atoms with Gasteiger partial charge < -0.3 is 5.73 Å². The summed E-state index contributed by atoms with van der Waals surface area (Å²) in [4.78, 5) is 0. The molecule has 0 saturated heterocycles. The molecule has 0 aliphatic carbocycles. The van der Waals surface area contributed by atoms with Gasteiger partial charge >= 0.3 is 0 Å². The molecule has 0 aliphatic rings. The van der Waals surface area contributed by atoms with Crippen molar-refractivity contribution in [1.29, 1.82) is 0 Å². The van der Waals surface area contributed by atoms with Crippen LogP contribution in [0, 0.1) is 0 Å². The lowest BCUT2D eigenvalue weighted by Crippen LogP contribution is -2.10. The van der Waals surface area contributed by atoms with Crippen molar-refractivity contribution in [2.75, 3.05) is 5.73 Å². The van der Waals surface area contributed by atoms with Crippen molar-refractivity contribution in [3.8, 4) is 11.3 Å². The number of nitrogens with two attached hydrogens (primary N) is 1. The summed E-state index contributed by atoms with van der Waals surface area (Å²) in [6, 6.07) is 10.3. The Hall–Kier alpha value is -1.48. The molecule has 0 amide bonds. The predicted molar refractivity (Wildman–Crippen MR) is 74.4 cm³/mol. The summed E-state index contributed by atoms with van der Waals surface area (Å²) in [5.74, 6) is 0.523. The molecule has 2 rings (SSSR count). The van der Waals surface area contributed by atoms with Crippen LogP contribution < -0.4 is 5.73 Å². The van der Waals surface area contributed by atoms with E-state index in [0.29, 0.717) is 5.82 Å². The van der Waals surface area contributed by atoms with Crippen LogP contribution in [0.2, 0.25) is 0 Å². The lowest BCUT2D eigenvalue weighted by Gasteiger charge is -2.18. The smallest absolute Gasteiger partial charge is 0.145 e. The first-order valence-electron chi connectivity index (χ1n) is 5.38. The molecular formula is C13H18ClN3. The van der Waals surface area contributed by atoms with Crippen molar-refractivity contribution in [2.45, 2.75) is 26.2 Å². The van der Waals surface area contributed by atoms with Crippen LogP contribution in [0.3, 0.4) is 0 Å². The average molecular weight is 252 g/mol. The van der Waals surface area contributed by atoms with Crippen molar-refractivity contribution in [3.05, 3.63) is 35.9 Å². The summed E-state index contributed by atoms with van der Waals surface area (Å²) in [6.07, 6.45) is 0. The fourth-order valence-electron chi connectivity index (χ4n) is 1.63. The van der Waals surface area contributed by atoms with E-state index in [2.05, 4.69) is 55.2 Å². The summed E-state index contributed by atoms with van der Waals surface area (Å²) >= 11 is 0. The molecule has 0 unspecified atom stereocenters. The fourth-order valence-corrected chi connectivity index (χ4v) is 1.63. The minimum Gasteiger partial charge on any atom is -0.382 e. The molecular weight excluding hydrogens is 234 g/mol. The number of hydrogen-bond donors (Lipinski definition) is 2. The number of halogens is 1. The molecule has 1 aromatic carbocycles. The van der Waals surface area contributed by atoms with Crippen molar-refractivity contribution in [3.63, 3.8) is 0 Å². The van der Waals surface area contributed by atoms with Gasteiger partial charge in [-0.15, -0.1) is 12.4 Å². The normalized spacial score (nSPS) is 11.0. The predicted octanol–water partition coefficient (Wildman–Crippen LogP) is 3.38. The highest BCUT2D eigenvalue weighted by Crippen LogP contribution is 2.25. The largest absolute Gasteiger partial charge is 0.382 e. The van der Waals surface area contributed by atoms with Gasteiger partial charge in [-0.2, -0.15) is 5.10 Å². The molecule has 0 bridgehead atoms. The highest BCUT2D eigenvalue weighted by Gasteiger charge is 2.13. The van der Waals surface area contributed by atoms with Crippen molar-refractivity contribution < 1.29 is 0 Å². The van der Waals surface area contributed by atoms with Crippen LogP contribution in [0.5, 0.6) is 0 Å². The van der Waals surface area contributed by atoms with Crippen molar-refractivity contribution in [2.24, 2.45) is 0 Å². The van der Waals surface area contributed by atoms with Crippen LogP contribution in [-0.4, -0.2) is 10.2 Å². The second-order valence-electron chi connectivity index (χ2n) is 5.03. The van der Waals surface area contributed by atoms with Gasteiger partial charge in [-0.25, -0.2) is 0 Å². The van der Waals surface area contributed by atoms with Gasteiger partial charge in [-0.1, -0.05) is 45.0 Å². The molecule has 0 fully saturated rings. The maximum absolute atomic E-state index is 5.57. The number of nitrogens with zero attached hydrogens (tertiary/aromatic N) is 1. The van der Waals surface area contributed by atoms with Gasteiger partial charge in [0.25, 0.3) is 0 Å². The molecule has 3 N–H and O–H groups in total. The molecule has 92 valence electrons.